The molecule has 0 radical (unpaired) electrons. The van der Waals surface area contributed by atoms with Crippen molar-refractivity contribution in [2.45, 2.75) is 64.7 Å². The molecular weight excluding hydrogens is 240 g/mol. The molecule has 2 aliphatic rings. The normalized spacial score (nSPS) is 18.6. The minimum Gasteiger partial charge on any atom is -0.352 e. The largest absolute Gasteiger partial charge is 0.352 e. The number of hydrogen-bond donors (Lipinski definition) is 2. The third-order valence-corrected chi connectivity index (χ3v) is 3.91. The number of hydrogen-bond acceptors (Lipinski definition) is 3. The first-order chi connectivity index (χ1) is 9.13. The predicted octanol–water partition coefficient (Wildman–Crippen LogP) is 1.03. The summed E-state index contributed by atoms with van der Waals surface area (Å²) >= 11 is 0. The summed E-state index contributed by atoms with van der Waals surface area (Å²) in [5.41, 5.74) is 3.38. The van der Waals surface area contributed by atoms with Crippen molar-refractivity contribution in [1.82, 2.24) is 20.4 Å². The van der Waals surface area contributed by atoms with E-state index in [1.807, 2.05) is 18.5 Å². The lowest BCUT2D eigenvalue weighted by atomic mass is 10.2. The van der Waals surface area contributed by atoms with Crippen LogP contribution in [0.5, 0.6) is 0 Å². The van der Waals surface area contributed by atoms with Crippen LogP contribution in [0.2, 0.25) is 0 Å². The third kappa shape index (κ3) is 3.15. The minimum absolute atomic E-state index is 0.0785. The summed E-state index contributed by atoms with van der Waals surface area (Å²) in [4.78, 5) is 11.8. The second-order valence-corrected chi connectivity index (χ2v) is 5.80. The van der Waals surface area contributed by atoms with E-state index in [0.29, 0.717) is 18.6 Å². The highest BCUT2D eigenvalue weighted by molar-refractivity contribution is 5.76. The zero-order chi connectivity index (χ0) is 13.4. The van der Waals surface area contributed by atoms with Crippen LogP contribution in [-0.4, -0.2) is 27.8 Å². The molecule has 0 spiro atoms. The first-order valence-electron chi connectivity index (χ1n) is 7.19. The quantitative estimate of drug-likeness (QED) is 0.805. The maximum absolute atomic E-state index is 11.8. The van der Waals surface area contributed by atoms with E-state index in [2.05, 4.69) is 15.7 Å². The molecule has 2 fully saturated rings. The van der Waals surface area contributed by atoms with Crippen LogP contribution >= 0.6 is 0 Å². The summed E-state index contributed by atoms with van der Waals surface area (Å²) in [5.74, 6) is 0.0785. The van der Waals surface area contributed by atoms with Gasteiger partial charge in [-0.25, -0.2) is 0 Å². The molecule has 2 aliphatic carbocycles. The van der Waals surface area contributed by atoms with Crippen molar-refractivity contribution in [2.75, 3.05) is 0 Å². The van der Waals surface area contributed by atoms with Gasteiger partial charge in [-0.05, 0) is 39.5 Å². The Bertz CT molecular complexity index is 486. The van der Waals surface area contributed by atoms with Crippen molar-refractivity contribution >= 4 is 5.91 Å². The molecule has 19 heavy (non-hydrogen) atoms. The molecule has 5 heteroatoms. The monoisotopic (exact) mass is 262 g/mol. The summed E-state index contributed by atoms with van der Waals surface area (Å²) < 4.78 is 1.83. The molecule has 104 valence electrons. The molecule has 0 atom stereocenters. The fraction of sp³-hybridized carbons (Fsp3) is 0.714. The Morgan fingerprint density at radius 2 is 1.95 bits per heavy atom. The first kappa shape index (κ1) is 12.7. The van der Waals surface area contributed by atoms with E-state index in [0.717, 1.165) is 30.8 Å². The molecule has 2 N–H and O–H groups in total. The molecule has 1 aromatic heterocycles. The van der Waals surface area contributed by atoms with E-state index in [4.69, 9.17) is 0 Å². The van der Waals surface area contributed by atoms with Gasteiger partial charge < -0.3 is 10.6 Å². The van der Waals surface area contributed by atoms with E-state index >= 15 is 0 Å². The summed E-state index contributed by atoms with van der Waals surface area (Å²) in [6.07, 6.45) is 4.82. The highest BCUT2D eigenvalue weighted by Crippen LogP contribution is 2.21. The fourth-order valence-corrected chi connectivity index (χ4v) is 2.31. The predicted molar refractivity (Wildman–Crippen MR) is 72.7 cm³/mol. The Kier molecular flexibility index (Phi) is 3.31. The molecular formula is C14H22N4O. The lowest BCUT2D eigenvalue weighted by molar-refractivity contribution is -0.122. The van der Waals surface area contributed by atoms with E-state index in [1.54, 1.807) is 0 Å². The lowest BCUT2D eigenvalue weighted by Crippen LogP contribution is -2.30. The van der Waals surface area contributed by atoms with Gasteiger partial charge in [-0.15, -0.1) is 0 Å². The SMILES string of the molecule is Cc1nn(CC(=O)NC2CC2)c(C)c1CNC1CC1. The molecule has 0 aromatic carbocycles. The van der Waals surface area contributed by atoms with E-state index in [1.165, 1.54) is 18.4 Å². The van der Waals surface area contributed by atoms with Crippen molar-refractivity contribution in [3.8, 4) is 0 Å². The van der Waals surface area contributed by atoms with Gasteiger partial charge in [0, 0.05) is 29.9 Å². The Morgan fingerprint density at radius 1 is 1.26 bits per heavy atom. The van der Waals surface area contributed by atoms with Gasteiger partial charge in [0.25, 0.3) is 0 Å². The molecule has 0 saturated heterocycles. The first-order valence-corrected chi connectivity index (χ1v) is 7.19. The van der Waals surface area contributed by atoms with E-state index in [9.17, 15) is 4.79 Å². The van der Waals surface area contributed by atoms with Gasteiger partial charge in [-0.2, -0.15) is 5.10 Å². The Labute approximate surface area is 113 Å². The van der Waals surface area contributed by atoms with Crippen LogP contribution in [-0.2, 0) is 17.9 Å². The molecule has 1 aromatic rings. The third-order valence-electron chi connectivity index (χ3n) is 3.91. The second-order valence-electron chi connectivity index (χ2n) is 5.80. The van der Waals surface area contributed by atoms with Crippen LogP contribution in [0.3, 0.4) is 0 Å². The van der Waals surface area contributed by atoms with Crippen molar-refractivity contribution in [3.63, 3.8) is 0 Å². The minimum atomic E-state index is 0.0785. The number of nitrogens with one attached hydrogen (secondary N) is 2. The summed E-state index contributed by atoms with van der Waals surface area (Å²) in [6, 6.07) is 1.11. The number of aromatic nitrogens is 2. The fourth-order valence-electron chi connectivity index (χ4n) is 2.31. The van der Waals surface area contributed by atoms with Crippen molar-refractivity contribution in [2.24, 2.45) is 0 Å². The molecule has 1 heterocycles. The standard InChI is InChI=1S/C14H22N4O/c1-9-13(7-15-11-3-4-11)10(2)18(17-9)8-14(19)16-12-5-6-12/h11-12,15H,3-8H2,1-2H3,(H,16,19). The number of amides is 1. The summed E-state index contributed by atoms with van der Waals surface area (Å²) in [6.45, 7) is 5.28. The van der Waals surface area contributed by atoms with Crippen molar-refractivity contribution in [1.29, 1.82) is 0 Å². The van der Waals surface area contributed by atoms with Gasteiger partial charge in [0.1, 0.15) is 6.54 Å². The Balaban J connectivity index is 1.63. The van der Waals surface area contributed by atoms with Gasteiger partial charge in [-0.1, -0.05) is 0 Å². The maximum Gasteiger partial charge on any atom is 0.241 e. The van der Waals surface area contributed by atoms with Gasteiger partial charge >= 0.3 is 0 Å². The smallest absolute Gasteiger partial charge is 0.241 e. The van der Waals surface area contributed by atoms with Crippen LogP contribution in [0.4, 0.5) is 0 Å². The van der Waals surface area contributed by atoms with Crippen LogP contribution in [0.1, 0.15) is 42.6 Å². The van der Waals surface area contributed by atoms with E-state index < -0.39 is 0 Å². The zero-order valence-corrected chi connectivity index (χ0v) is 11.7. The second kappa shape index (κ2) is 4.96. The number of carbonyl (C=O) groups is 1. The lowest BCUT2D eigenvalue weighted by Gasteiger charge is -2.07. The molecule has 1 amide bonds. The number of carbonyl (C=O) groups excluding carboxylic acids is 1. The Hall–Kier alpha value is -1.36. The maximum atomic E-state index is 11.8. The number of rotatable bonds is 6. The number of nitrogens with zero attached hydrogens (tertiary/aromatic N) is 2. The molecule has 2 saturated carbocycles. The molecule has 0 bridgehead atoms. The van der Waals surface area contributed by atoms with Crippen LogP contribution in [0.15, 0.2) is 0 Å². The summed E-state index contributed by atoms with van der Waals surface area (Å²) in [5, 5.41) is 11.0. The molecule has 3 rings (SSSR count). The summed E-state index contributed by atoms with van der Waals surface area (Å²) in [7, 11) is 0. The molecule has 0 aliphatic heterocycles. The van der Waals surface area contributed by atoms with Crippen molar-refractivity contribution < 1.29 is 4.79 Å². The van der Waals surface area contributed by atoms with Crippen molar-refractivity contribution in [3.05, 3.63) is 17.0 Å². The van der Waals surface area contributed by atoms with Gasteiger partial charge in [0.15, 0.2) is 0 Å². The van der Waals surface area contributed by atoms with Gasteiger partial charge in [-0.3, -0.25) is 9.48 Å². The average Bonchev–Trinajstić information content (AvgIpc) is 3.22. The molecule has 0 unspecified atom stereocenters. The molecule has 5 nitrogen and oxygen atoms in total. The van der Waals surface area contributed by atoms with Gasteiger partial charge in [0.05, 0.1) is 5.69 Å². The van der Waals surface area contributed by atoms with Crippen LogP contribution < -0.4 is 10.6 Å². The topological polar surface area (TPSA) is 59.0 Å². The van der Waals surface area contributed by atoms with Crippen LogP contribution in [0.25, 0.3) is 0 Å². The highest BCUT2D eigenvalue weighted by Gasteiger charge is 2.24. The zero-order valence-electron chi connectivity index (χ0n) is 11.7. The van der Waals surface area contributed by atoms with Gasteiger partial charge in [0.2, 0.25) is 5.91 Å². The highest BCUT2D eigenvalue weighted by atomic mass is 16.2. The number of aryl methyl sites for hydroxylation is 1. The average molecular weight is 262 g/mol. The van der Waals surface area contributed by atoms with E-state index in [-0.39, 0.29) is 5.91 Å². The van der Waals surface area contributed by atoms with Crippen LogP contribution in [0, 0.1) is 13.8 Å². The Morgan fingerprint density at radius 3 is 2.58 bits per heavy atom.